The van der Waals surface area contributed by atoms with Crippen LogP contribution in [0.3, 0.4) is 0 Å². The van der Waals surface area contributed by atoms with Crippen LogP contribution in [0.1, 0.15) is 0 Å². The van der Waals surface area contributed by atoms with E-state index in [1.54, 1.807) is 18.2 Å². The molecular weight excluding hydrogens is 220 g/mol. The van der Waals surface area contributed by atoms with Crippen molar-refractivity contribution in [3.8, 4) is 0 Å². The largest absolute Gasteiger partial charge is 0.480 e. The number of aliphatic carboxylic acids is 1. The van der Waals surface area contributed by atoms with Gasteiger partial charge in [0.2, 0.25) is 0 Å². The minimum absolute atomic E-state index is 0.407. The van der Waals surface area contributed by atoms with Gasteiger partial charge < -0.3 is 16.2 Å². The van der Waals surface area contributed by atoms with Crippen LogP contribution in [0.4, 0.5) is 5.69 Å². The molecule has 5 nitrogen and oxygen atoms in total. The van der Waals surface area contributed by atoms with Crippen LogP contribution in [0.15, 0.2) is 24.3 Å². The molecule has 4 N–H and O–H groups in total. The third-order valence-electron chi connectivity index (χ3n) is 1.64. The summed E-state index contributed by atoms with van der Waals surface area (Å²) in [6.45, 7) is 0. The topological polar surface area (TPSA) is 92.4 Å². The minimum Gasteiger partial charge on any atom is -0.480 e. The fourth-order valence-corrected chi connectivity index (χ4v) is 1.09. The van der Waals surface area contributed by atoms with Crippen LogP contribution in [-0.4, -0.2) is 23.0 Å². The van der Waals surface area contributed by atoms with Crippen molar-refractivity contribution in [2.75, 3.05) is 5.32 Å². The van der Waals surface area contributed by atoms with E-state index in [1.807, 2.05) is 0 Å². The number of nitrogens with one attached hydrogen (secondary N) is 1. The molecule has 0 aliphatic heterocycles. The lowest BCUT2D eigenvalue weighted by Gasteiger charge is -2.08. The second kappa shape index (κ2) is 4.77. The van der Waals surface area contributed by atoms with Crippen LogP contribution >= 0.6 is 11.6 Å². The summed E-state index contributed by atoms with van der Waals surface area (Å²) in [7, 11) is 0. The van der Waals surface area contributed by atoms with Gasteiger partial charge in [-0.1, -0.05) is 17.7 Å². The number of hydrogen-bond acceptors (Lipinski definition) is 3. The van der Waals surface area contributed by atoms with Gasteiger partial charge in [-0.2, -0.15) is 0 Å². The summed E-state index contributed by atoms with van der Waals surface area (Å²) in [6.07, 6.45) is 0. The van der Waals surface area contributed by atoms with Gasteiger partial charge >= 0.3 is 5.97 Å². The molecule has 0 aromatic heterocycles. The van der Waals surface area contributed by atoms with Crippen LogP contribution < -0.4 is 11.1 Å². The van der Waals surface area contributed by atoms with E-state index < -0.39 is 17.9 Å². The lowest BCUT2D eigenvalue weighted by molar-refractivity contribution is -0.141. The zero-order chi connectivity index (χ0) is 11.4. The third kappa shape index (κ3) is 3.23. The molecule has 0 bridgehead atoms. The quantitative estimate of drug-likeness (QED) is 0.664. The number of carbonyl (C=O) groups is 2. The number of nitrogens with two attached hydrogens (primary N) is 1. The number of benzene rings is 1. The Balaban J connectivity index is 2.70. The Morgan fingerprint density at radius 1 is 1.47 bits per heavy atom. The molecule has 80 valence electrons. The minimum atomic E-state index is -1.58. The molecule has 1 aromatic rings. The second-order valence-electron chi connectivity index (χ2n) is 2.82. The Labute approximate surface area is 90.8 Å². The molecule has 1 unspecified atom stereocenters. The van der Waals surface area contributed by atoms with Crippen LogP contribution in [0, 0.1) is 0 Å². The summed E-state index contributed by atoms with van der Waals surface area (Å²) in [5, 5.41) is 11.2. The van der Waals surface area contributed by atoms with Crippen molar-refractivity contribution in [3.05, 3.63) is 29.3 Å². The maximum absolute atomic E-state index is 11.2. The van der Waals surface area contributed by atoms with Crippen molar-refractivity contribution in [2.45, 2.75) is 6.04 Å². The summed E-state index contributed by atoms with van der Waals surface area (Å²) >= 11 is 5.67. The maximum Gasteiger partial charge on any atom is 0.330 e. The van der Waals surface area contributed by atoms with Gasteiger partial charge in [-0.15, -0.1) is 0 Å². The number of hydrogen-bond donors (Lipinski definition) is 3. The first-order chi connectivity index (χ1) is 7.00. The fourth-order valence-electron chi connectivity index (χ4n) is 0.898. The smallest absolute Gasteiger partial charge is 0.330 e. The molecule has 6 heteroatoms. The van der Waals surface area contributed by atoms with E-state index in [4.69, 9.17) is 22.4 Å². The second-order valence-corrected chi connectivity index (χ2v) is 3.25. The van der Waals surface area contributed by atoms with E-state index in [9.17, 15) is 9.59 Å². The van der Waals surface area contributed by atoms with Crippen molar-refractivity contribution in [3.63, 3.8) is 0 Å². The summed E-state index contributed by atoms with van der Waals surface area (Å²) in [6, 6.07) is 4.76. The number of carbonyl (C=O) groups excluding carboxylic acids is 1. The summed E-state index contributed by atoms with van der Waals surface area (Å²) in [5.74, 6) is -2.17. The van der Waals surface area contributed by atoms with E-state index in [2.05, 4.69) is 5.32 Å². The van der Waals surface area contributed by atoms with Gasteiger partial charge in [0.1, 0.15) is 0 Å². The van der Waals surface area contributed by atoms with Crippen LogP contribution in [-0.2, 0) is 9.59 Å². The highest BCUT2D eigenvalue weighted by molar-refractivity contribution is 6.30. The Morgan fingerprint density at radius 3 is 2.67 bits per heavy atom. The number of anilines is 1. The van der Waals surface area contributed by atoms with Gasteiger partial charge in [-0.05, 0) is 18.2 Å². The number of rotatable bonds is 3. The predicted octanol–water partition coefficient (Wildman–Crippen LogP) is 0.690. The van der Waals surface area contributed by atoms with Gasteiger partial charge in [0.25, 0.3) is 5.91 Å². The van der Waals surface area contributed by atoms with Crippen molar-refractivity contribution in [1.29, 1.82) is 0 Å². The first kappa shape index (κ1) is 11.5. The Bertz CT molecular complexity index is 395. The first-order valence-corrected chi connectivity index (χ1v) is 4.43. The van der Waals surface area contributed by atoms with Crippen LogP contribution in [0.5, 0.6) is 0 Å². The number of carboxylic acid groups (broad SMARTS) is 1. The molecule has 1 aromatic carbocycles. The van der Waals surface area contributed by atoms with Gasteiger partial charge in [0.05, 0.1) is 0 Å². The zero-order valence-electron chi connectivity index (χ0n) is 7.61. The molecule has 0 saturated carbocycles. The number of halogens is 1. The van der Waals surface area contributed by atoms with Crippen molar-refractivity contribution in [2.24, 2.45) is 5.73 Å². The Hall–Kier alpha value is -1.59. The highest BCUT2D eigenvalue weighted by atomic mass is 35.5. The highest BCUT2D eigenvalue weighted by Gasteiger charge is 2.20. The Morgan fingerprint density at radius 2 is 2.13 bits per heavy atom. The predicted molar refractivity (Wildman–Crippen MR) is 55.7 cm³/mol. The maximum atomic E-state index is 11.2. The van der Waals surface area contributed by atoms with E-state index in [1.165, 1.54) is 6.07 Å². The lowest BCUT2D eigenvalue weighted by Crippen LogP contribution is -2.42. The lowest BCUT2D eigenvalue weighted by atomic mass is 10.2. The Kier molecular flexibility index (Phi) is 3.65. The van der Waals surface area contributed by atoms with Crippen molar-refractivity contribution >= 4 is 29.2 Å². The zero-order valence-corrected chi connectivity index (χ0v) is 8.36. The normalized spacial score (nSPS) is 11.9. The van der Waals surface area contributed by atoms with Gasteiger partial charge in [0.15, 0.2) is 6.04 Å². The molecule has 1 atom stereocenters. The summed E-state index contributed by atoms with van der Waals surface area (Å²) < 4.78 is 0. The van der Waals surface area contributed by atoms with Crippen molar-refractivity contribution in [1.82, 2.24) is 0 Å². The molecule has 0 spiro atoms. The van der Waals surface area contributed by atoms with Gasteiger partial charge in [-0.3, -0.25) is 4.79 Å². The molecule has 1 amide bonds. The van der Waals surface area contributed by atoms with E-state index in [0.717, 1.165) is 0 Å². The molecule has 15 heavy (non-hydrogen) atoms. The summed E-state index contributed by atoms with van der Waals surface area (Å²) in [5.41, 5.74) is 5.51. The van der Waals surface area contributed by atoms with Crippen LogP contribution in [0.25, 0.3) is 0 Å². The average Bonchev–Trinajstić information content (AvgIpc) is 2.16. The van der Waals surface area contributed by atoms with E-state index in [-0.39, 0.29) is 0 Å². The molecule has 0 aliphatic rings. The summed E-state index contributed by atoms with van der Waals surface area (Å²) in [4.78, 5) is 21.6. The SMILES string of the molecule is NC(C(=O)O)C(=O)Nc1cccc(Cl)c1. The van der Waals surface area contributed by atoms with E-state index in [0.29, 0.717) is 10.7 Å². The molecule has 0 heterocycles. The molecular formula is C9H9ClN2O3. The first-order valence-electron chi connectivity index (χ1n) is 4.05. The van der Waals surface area contributed by atoms with Crippen LogP contribution in [0.2, 0.25) is 5.02 Å². The molecule has 0 aliphatic carbocycles. The number of carboxylic acids is 1. The monoisotopic (exact) mass is 228 g/mol. The third-order valence-corrected chi connectivity index (χ3v) is 1.88. The van der Waals surface area contributed by atoms with E-state index >= 15 is 0 Å². The van der Waals surface area contributed by atoms with Gasteiger partial charge in [-0.25, -0.2) is 4.79 Å². The standard InChI is InChI=1S/C9H9ClN2O3/c10-5-2-1-3-6(4-5)12-8(13)7(11)9(14)15/h1-4,7H,11H2,(H,12,13)(H,14,15). The molecule has 0 fully saturated rings. The fraction of sp³-hybridized carbons (Fsp3) is 0.111. The average molecular weight is 229 g/mol. The number of amides is 1. The van der Waals surface area contributed by atoms with Crippen molar-refractivity contribution < 1.29 is 14.7 Å². The highest BCUT2D eigenvalue weighted by Crippen LogP contribution is 2.14. The van der Waals surface area contributed by atoms with Gasteiger partial charge in [0, 0.05) is 10.7 Å². The molecule has 0 saturated heterocycles. The molecule has 1 rings (SSSR count). The molecule has 0 radical (unpaired) electrons.